The third-order valence-electron chi connectivity index (χ3n) is 5.36. The summed E-state index contributed by atoms with van der Waals surface area (Å²) in [6, 6.07) is 12.8. The zero-order valence-electron chi connectivity index (χ0n) is 15.2. The van der Waals surface area contributed by atoms with E-state index in [9.17, 15) is 4.79 Å². The Kier molecular flexibility index (Phi) is 5.16. The summed E-state index contributed by atoms with van der Waals surface area (Å²) >= 11 is 1.51. The van der Waals surface area contributed by atoms with Gasteiger partial charge in [-0.2, -0.15) is 0 Å². The Bertz CT molecular complexity index is 837. The van der Waals surface area contributed by atoms with Crippen molar-refractivity contribution in [1.29, 1.82) is 0 Å². The molecule has 1 saturated carbocycles. The van der Waals surface area contributed by atoms with E-state index in [1.807, 2.05) is 12.1 Å². The molecule has 2 aliphatic rings. The van der Waals surface area contributed by atoms with Crippen LogP contribution in [0.5, 0.6) is 0 Å². The van der Waals surface area contributed by atoms with Gasteiger partial charge in [0.15, 0.2) is 5.17 Å². The second kappa shape index (κ2) is 7.70. The molecule has 0 aromatic heterocycles. The van der Waals surface area contributed by atoms with E-state index < -0.39 is 0 Å². The van der Waals surface area contributed by atoms with Gasteiger partial charge in [-0.15, -0.1) is 0 Å². The summed E-state index contributed by atoms with van der Waals surface area (Å²) in [7, 11) is 0. The van der Waals surface area contributed by atoms with Gasteiger partial charge < -0.3 is 10.2 Å². The quantitative estimate of drug-likeness (QED) is 0.811. The first-order valence-electron chi connectivity index (χ1n) is 9.56. The van der Waals surface area contributed by atoms with Crippen molar-refractivity contribution in [2.75, 3.05) is 17.6 Å². The summed E-state index contributed by atoms with van der Waals surface area (Å²) in [4.78, 5) is 19.6. The number of amidine groups is 1. The van der Waals surface area contributed by atoms with Gasteiger partial charge in [-0.3, -0.25) is 4.79 Å². The predicted molar refractivity (Wildman–Crippen MR) is 111 cm³/mol. The standard InChI is InChI=1S/C21H25N3OS/c1-2-24(16-10-4-3-5-11-16)19(25)14-26-21-22-17-12-6-8-15-9-7-13-18(23-21)20(15)17/h6-9,12-13,16H,2-5,10-11,14H2,1H3,(H,22,23). The first-order valence-corrected chi connectivity index (χ1v) is 10.5. The molecule has 1 amide bonds. The summed E-state index contributed by atoms with van der Waals surface area (Å²) in [5.41, 5.74) is 2.05. The van der Waals surface area contributed by atoms with Gasteiger partial charge in [-0.05, 0) is 37.3 Å². The van der Waals surface area contributed by atoms with E-state index in [0.29, 0.717) is 11.8 Å². The van der Waals surface area contributed by atoms with Crippen LogP contribution in [0.25, 0.3) is 10.8 Å². The molecule has 26 heavy (non-hydrogen) atoms. The lowest BCUT2D eigenvalue weighted by molar-refractivity contribution is -0.131. The summed E-state index contributed by atoms with van der Waals surface area (Å²) in [5, 5.41) is 6.55. The summed E-state index contributed by atoms with van der Waals surface area (Å²) in [6.45, 7) is 2.89. The minimum atomic E-state index is 0.228. The molecular formula is C21H25N3OS. The van der Waals surface area contributed by atoms with Crippen LogP contribution in [-0.4, -0.2) is 34.3 Å². The lowest BCUT2D eigenvalue weighted by Gasteiger charge is -2.33. The average molecular weight is 368 g/mol. The third-order valence-corrected chi connectivity index (χ3v) is 6.21. The lowest BCUT2D eigenvalue weighted by Crippen LogP contribution is -2.42. The highest BCUT2D eigenvalue weighted by Crippen LogP contribution is 2.37. The van der Waals surface area contributed by atoms with E-state index in [0.717, 1.165) is 41.3 Å². The Labute approximate surface area is 159 Å². The number of nitrogens with one attached hydrogen (secondary N) is 1. The molecule has 4 rings (SSSR count). The van der Waals surface area contributed by atoms with Gasteiger partial charge in [0.05, 0.1) is 17.1 Å². The number of rotatable bonds is 4. The number of aliphatic imine (C=N–C) groups is 1. The molecular weight excluding hydrogens is 342 g/mol. The van der Waals surface area contributed by atoms with E-state index in [1.165, 1.54) is 36.4 Å². The molecule has 0 bridgehead atoms. The van der Waals surface area contributed by atoms with Crippen LogP contribution >= 0.6 is 11.8 Å². The molecule has 5 heteroatoms. The van der Waals surface area contributed by atoms with Gasteiger partial charge in [-0.1, -0.05) is 55.3 Å². The second-order valence-electron chi connectivity index (χ2n) is 6.98. The number of thioether (sulfide) groups is 1. The SMILES string of the molecule is CCN(C(=O)CSC1=Nc2cccc3cccc(c23)N1)C1CCCCC1. The second-order valence-corrected chi connectivity index (χ2v) is 7.95. The molecule has 0 atom stereocenters. The van der Waals surface area contributed by atoms with Crippen LogP contribution in [0.15, 0.2) is 41.4 Å². The van der Waals surface area contributed by atoms with Crippen LogP contribution in [0, 0.1) is 0 Å². The number of carbonyl (C=O) groups excluding carboxylic acids is 1. The normalized spacial score (nSPS) is 16.9. The largest absolute Gasteiger partial charge is 0.339 e. The molecule has 1 aliphatic heterocycles. The van der Waals surface area contributed by atoms with Crippen molar-refractivity contribution in [1.82, 2.24) is 4.90 Å². The van der Waals surface area contributed by atoms with E-state index >= 15 is 0 Å². The Hall–Kier alpha value is -2.01. The molecule has 2 aromatic carbocycles. The molecule has 1 fully saturated rings. The van der Waals surface area contributed by atoms with Crippen LogP contribution in [-0.2, 0) is 4.79 Å². The average Bonchev–Trinajstić information content (AvgIpc) is 2.68. The number of hydrogen-bond donors (Lipinski definition) is 1. The molecule has 1 aliphatic carbocycles. The summed E-state index contributed by atoms with van der Waals surface area (Å²) in [6.07, 6.45) is 6.10. The van der Waals surface area contributed by atoms with Crippen LogP contribution in [0.2, 0.25) is 0 Å². The maximum Gasteiger partial charge on any atom is 0.233 e. The maximum atomic E-state index is 12.8. The van der Waals surface area contributed by atoms with Crippen LogP contribution < -0.4 is 5.32 Å². The highest BCUT2D eigenvalue weighted by Gasteiger charge is 2.24. The topological polar surface area (TPSA) is 44.7 Å². The maximum absolute atomic E-state index is 12.8. The van der Waals surface area contributed by atoms with E-state index in [1.54, 1.807) is 0 Å². The number of hydrogen-bond acceptors (Lipinski definition) is 4. The Balaban J connectivity index is 1.45. The van der Waals surface area contributed by atoms with Crippen LogP contribution in [0.3, 0.4) is 0 Å². The fourth-order valence-corrected chi connectivity index (χ4v) is 4.85. The Morgan fingerprint density at radius 3 is 2.73 bits per heavy atom. The van der Waals surface area contributed by atoms with Crippen molar-refractivity contribution in [2.45, 2.75) is 45.1 Å². The van der Waals surface area contributed by atoms with Crippen molar-refractivity contribution >= 4 is 45.0 Å². The van der Waals surface area contributed by atoms with Gasteiger partial charge in [0, 0.05) is 18.0 Å². The smallest absolute Gasteiger partial charge is 0.233 e. The summed E-state index contributed by atoms with van der Waals surface area (Å²) < 4.78 is 0. The van der Waals surface area contributed by atoms with Gasteiger partial charge in [-0.25, -0.2) is 4.99 Å². The van der Waals surface area contributed by atoms with Crippen molar-refractivity contribution in [3.63, 3.8) is 0 Å². The Morgan fingerprint density at radius 2 is 1.96 bits per heavy atom. The number of benzene rings is 2. The molecule has 4 nitrogen and oxygen atoms in total. The third kappa shape index (κ3) is 3.45. The number of carbonyl (C=O) groups is 1. The van der Waals surface area contributed by atoms with Crippen molar-refractivity contribution in [2.24, 2.45) is 4.99 Å². The molecule has 1 N–H and O–H groups in total. The van der Waals surface area contributed by atoms with Gasteiger partial charge in [0.25, 0.3) is 0 Å². The van der Waals surface area contributed by atoms with Crippen LogP contribution in [0.4, 0.5) is 11.4 Å². The van der Waals surface area contributed by atoms with Crippen molar-refractivity contribution < 1.29 is 4.79 Å². The minimum Gasteiger partial charge on any atom is -0.339 e. The van der Waals surface area contributed by atoms with Gasteiger partial charge in [0.1, 0.15) is 0 Å². The van der Waals surface area contributed by atoms with Gasteiger partial charge in [0.2, 0.25) is 5.91 Å². The highest BCUT2D eigenvalue weighted by atomic mass is 32.2. The van der Waals surface area contributed by atoms with E-state index in [2.05, 4.69) is 41.4 Å². The zero-order valence-corrected chi connectivity index (χ0v) is 16.0. The van der Waals surface area contributed by atoms with E-state index in [-0.39, 0.29) is 5.91 Å². The lowest BCUT2D eigenvalue weighted by atomic mass is 9.94. The molecule has 2 aromatic rings. The number of anilines is 1. The van der Waals surface area contributed by atoms with Crippen molar-refractivity contribution in [3.05, 3.63) is 36.4 Å². The molecule has 136 valence electrons. The zero-order chi connectivity index (χ0) is 17.9. The predicted octanol–water partition coefficient (Wildman–Crippen LogP) is 5.17. The summed E-state index contributed by atoms with van der Waals surface area (Å²) in [5.74, 6) is 0.667. The van der Waals surface area contributed by atoms with Gasteiger partial charge >= 0.3 is 0 Å². The molecule has 0 unspecified atom stereocenters. The molecule has 0 radical (unpaired) electrons. The molecule has 0 saturated heterocycles. The number of nitrogens with zero attached hydrogens (tertiary/aromatic N) is 2. The highest BCUT2D eigenvalue weighted by molar-refractivity contribution is 8.14. The molecule has 1 heterocycles. The van der Waals surface area contributed by atoms with E-state index in [4.69, 9.17) is 4.99 Å². The first-order chi connectivity index (χ1) is 12.8. The van der Waals surface area contributed by atoms with Crippen molar-refractivity contribution in [3.8, 4) is 0 Å². The fourth-order valence-electron chi connectivity index (χ4n) is 4.08. The minimum absolute atomic E-state index is 0.228. The first kappa shape index (κ1) is 17.4. The monoisotopic (exact) mass is 367 g/mol. The van der Waals surface area contributed by atoms with Crippen LogP contribution in [0.1, 0.15) is 39.0 Å². The number of amides is 1. The molecule has 0 spiro atoms. The Morgan fingerprint density at radius 1 is 1.19 bits per heavy atom. The fraction of sp³-hybridized carbons (Fsp3) is 0.429.